The smallest absolute Gasteiger partial charge is 0.305 e. The topological polar surface area (TPSA) is 35.5 Å². The van der Waals surface area contributed by atoms with Crippen LogP contribution in [0.3, 0.4) is 0 Å². The fourth-order valence-corrected chi connectivity index (χ4v) is 2.10. The van der Waals surface area contributed by atoms with E-state index in [1.165, 1.54) is 39.2 Å². The Morgan fingerprint density at radius 3 is 2.36 bits per heavy atom. The lowest BCUT2D eigenvalue weighted by Crippen LogP contribution is -2.14. The molecule has 0 aromatic carbocycles. The zero-order chi connectivity index (χ0) is 16.5. The normalized spacial score (nSPS) is 11.6. The molecule has 0 unspecified atom stereocenters. The molecule has 0 aliphatic rings. The highest BCUT2D eigenvalue weighted by Crippen LogP contribution is 2.07. The molecular weight excluding hydrogens is 276 g/mol. The number of rotatable bonds is 13. The molecule has 3 nitrogen and oxygen atoms in total. The Morgan fingerprint density at radius 2 is 1.68 bits per heavy atom. The van der Waals surface area contributed by atoms with Gasteiger partial charge in [-0.15, -0.1) is 5.92 Å². The summed E-state index contributed by atoms with van der Waals surface area (Å²) >= 11 is 0. The highest BCUT2D eigenvalue weighted by atomic mass is 16.5. The molecule has 0 bridgehead atoms. The number of carbonyl (C=O) groups excluding carboxylic acids is 1. The summed E-state index contributed by atoms with van der Waals surface area (Å²) in [6, 6.07) is 0. The van der Waals surface area contributed by atoms with Crippen molar-refractivity contribution >= 4 is 5.97 Å². The standard InChI is InChI=1S/C19H34O3/c1-4-6-8-9-10-11-12-13-14-18(22-17-7-5-2)15-16-19(20)21-3/h18H,4-12,15-17H2,1-3H3/t18-/m0/s1. The first-order chi connectivity index (χ1) is 10.7. The summed E-state index contributed by atoms with van der Waals surface area (Å²) < 4.78 is 10.4. The van der Waals surface area contributed by atoms with Crippen molar-refractivity contribution in [2.75, 3.05) is 13.7 Å². The van der Waals surface area contributed by atoms with Crippen LogP contribution in [0.4, 0.5) is 0 Å². The van der Waals surface area contributed by atoms with Gasteiger partial charge in [0.05, 0.1) is 7.11 Å². The molecule has 0 fully saturated rings. The number of methoxy groups -OCH3 is 1. The van der Waals surface area contributed by atoms with Gasteiger partial charge >= 0.3 is 5.97 Å². The second kappa shape index (κ2) is 16.4. The van der Waals surface area contributed by atoms with E-state index >= 15 is 0 Å². The Hall–Kier alpha value is -1.01. The van der Waals surface area contributed by atoms with E-state index in [-0.39, 0.29) is 12.1 Å². The van der Waals surface area contributed by atoms with E-state index < -0.39 is 0 Å². The molecule has 3 heteroatoms. The zero-order valence-corrected chi connectivity index (χ0v) is 14.8. The van der Waals surface area contributed by atoms with Gasteiger partial charge in [0.1, 0.15) is 6.10 Å². The summed E-state index contributed by atoms with van der Waals surface area (Å²) in [5.41, 5.74) is 0. The minimum Gasteiger partial charge on any atom is -0.469 e. The number of hydrogen-bond donors (Lipinski definition) is 0. The Bertz CT molecular complexity index is 314. The molecular formula is C19H34O3. The molecule has 0 saturated heterocycles. The summed E-state index contributed by atoms with van der Waals surface area (Å²) in [7, 11) is 1.42. The maximum Gasteiger partial charge on any atom is 0.305 e. The van der Waals surface area contributed by atoms with Crippen LogP contribution in [-0.2, 0) is 14.3 Å². The van der Waals surface area contributed by atoms with Gasteiger partial charge in [0, 0.05) is 19.4 Å². The quantitative estimate of drug-likeness (QED) is 0.276. The number of ether oxygens (including phenoxy) is 2. The number of carbonyl (C=O) groups is 1. The van der Waals surface area contributed by atoms with Crippen LogP contribution >= 0.6 is 0 Å². The van der Waals surface area contributed by atoms with Crippen LogP contribution in [0.15, 0.2) is 0 Å². The van der Waals surface area contributed by atoms with Crippen LogP contribution in [0.2, 0.25) is 0 Å². The monoisotopic (exact) mass is 310 g/mol. The van der Waals surface area contributed by atoms with Gasteiger partial charge in [0.25, 0.3) is 0 Å². The minimum atomic E-state index is -0.193. The fraction of sp³-hybridized carbons (Fsp3) is 0.842. The minimum absolute atomic E-state index is 0.134. The van der Waals surface area contributed by atoms with Gasteiger partial charge in [-0.2, -0.15) is 0 Å². The average Bonchev–Trinajstić information content (AvgIpc) is 2.54. The van der Waals surface area contributed by atoms with Gasteiger partial charge in [0.2, 0.25) is 0 Å². The SMILES string of the molecule is CCCCCCCCC#C[C@@H](CCC(=O)OC)OCCCC. The lowest BCUT2D eigenvalue weighted by Gasteiger charge is -2.11. The van der Waals surface area contributed by atoms with Gasteiger partial charge < -0.3 is 9.47 Å². The summed E-state index contributed by atoms with van der Waals surface area (Å²) in [6.07, 6.45) is 11.6. The van der Waals surface area contributed by atoms with Gasteiger partial charge in [-0.25, -0.2) is 0 Å². The summed E-state index contributed by atoms with van der Waals surface area (Å²) in [4.78, 5) is 11.2. The van der Waals surface area contributed by atoms with Gasteiger partial charge in [-0.05, 0) is 19.3 Å². The van der Waals surface area contributed by atoms with E-state index in [1.54, 1.807) is 0 Å². The molecule has 0 saturated carbocycles. The molecule has 0 aromatic heterocycles. The van der Waals surface area contributed by atoms with Crippen LogP contribution in [0.1, 0.15) is 84.5 Å². The number of unbranched alkanes of at least 4 members (excludes halogenated alkanes) is 7. The molecule has 0 spiro atoms. The first-order valence-electron chi connectivity index (χ1n) is 8.91. The second-order valence-electron chi connectivity index (χ2n) is 5.67. The maximum atomic E-state index is 11.2. The van der Waals surface area contributed by atoms with E-state index in [1.807, 2.05) is 0 Å². The molecule has 0 heterocycles. The summed E-state index contributed by atoms with van der Waals surface area (Å²) in [6.45, 7) is 5.09. The van der Waals surface area contributed by atoms with Crippen LogP contribution in [-0.4, -0.2) is 25.8 Å². The molecule has 0 amide bonds. The van der Waals surface area contributed by atoms with Gasteiger partial charge in [-0.3, -0.25) is 4.79 Å². The molecule has 1 atom stereocenters. The lowest BCUT2D eigenvalue weighted by atomic mass is 10.1. The van der Waals surface area contributed by atoms with Crippen molar-refractivity contribution in [2.24, 2.45) is 0 Å². The Balaban J connectivity index is 3.94. The van der Waals surface area contributed by atoms with E-state index in [0.717, 1.165) is 25.7 Å². The van der Waals surface area contributed by atoms with Crippen LogP contribution in [0.25, 0.3) is 0 Å². The van der Waals surface area contributed by atoms with Crippen molar-refractivity contribution in [3.05, 3.63) is 0 Å². The van der Waals surface area contributed by atoms with Crippen molar-refractivity contribution in [1.29, 1.82) is 0 Å². The molecule has 0 aromatic rings. The van der Waals surface area contributed by atoms with Crippen LogP contribution in [0, 0.1) is 11.8 Å². The lowest BCUT2D eigenvalue weighted by molar-refractivity contribution is -0.141. The largest absolute Gasteiger partial charge is 0.469 e. The van der Waals surface area contributed by atoms with Gasteiger partial charge in [0.15, 0.2) is 0 Å². The highest BCUT2D eigenvalue weighted by Gasteiger charge is 2.09. The summed E-state index contributed by atoms with van der Waals surface area (Å²) in [5, 5.41) is 0. The molecule has 0 aliphatic carbocycles. The molecule has 0 rings (SSSR count). The third-order valence-electron chi connectivity index (χ3n) is 3.57. The third-order valence-corrected chi connectivity index (χ3v) is 3.57. The first kappa shape index (κ1) is 21.0. The van der Waals surface area contributed by atoms with Crippen molar-refractivity contribution in [3.63, 3.8) is 0 Å². The summed E-state index contributed by atoms with van der Waals surface area (Å²) in [5.74, 6) is 6.21. The molecule has 0 aliphatic heterocycles. The van der Waals surface area contributed by atoms with Crippen molar-refractivity contribution < 1.29 is 14.3 Å². The van der Waals surface area contributed by atoms with E-state index in [0.29, 0.717) is 19.4 Å². The van der Waals surface area contributed by atoms with Crippen molar-refractivity contribution in [2.45, 2.75) is 90.6 Å². The van der Waals surface area contributed by atoms with E-state index in [4.69, 9.17) is 4.74 Å². The Labute approximate surface area is 137 Å². The second-order valence-corrected chi connectivity index (χ2v) is 5.67. The predicted octanol–water partition coefficient (Wildman–Crippen LogP) is 4.88. The third kappa shape index (κ3) is 13.9. The van der Waals surface area contributed by atoms with Crippen LogP contribution in [0.5, 0.6) is 0 Å². The molecule has 0 radical (unpaired) electrons. The first-order valence-corrected chi connectivity index (χ1v) is 8.91. The zero-order valence-electron chi connectivity index (χ0n) is 14.8. The number of esters is 1. The molecule has 128 valence electrons. The Morgan fingerprint density at radius 1 is 1.00 bits per heavy atom. The average molecular weight is 310 g/mol. The fourth-order valence-electron chi connectivity index (χ4n) is 2.10. The predicted molar refractivity (Wildman–Crippen MR) is 91.7 cm³/mol. The Kier molecular flexibility index (Phi) is 15.6. The molecule has 0 N–H and O–H groups in total. The van der Waals surface area contributed by atoms with Crippen LogP contribution < -0.4 is 0 Å². The van der Waals surface area contributed by atoms with Crippen molar-refractivity contribution in [3.8, 4) is 11.8 Å². The van der Waals surface area contributed by atoms with E-state index in [2.05, 4.69) is 30.4 Å². The van der Waals surface area contributed by atoms with E-state index in [9.17, 15) is 4.79 Å². The molecule has 22 heavy (non-hydrogen) atoms. The highest BCUT2D eigenvalue weighted by molar-refractivity contribution is 5.69. The van der Waals surface area contributed by atoms with Gasteiger partial charge in [-0.1, -0.05) is 58.3 Å². The van der Waals surface area contributed by atoms with Crippen molar-refractivity contribution in [1.82, 2.24) is 0 Å². The maximum absolute atomic E-state index is 11.2. The number of hydrogen-bond acceptors (Lipinski definition) is 3.